The van der Waals surface area contributed by atoms with Crippen molar-refractivity contribution in [3.8, 4) is 0 Å². The summed E-state index contributed by atoms with van der Waals surface area (Å²) >= 11 is 0. The molecule has 0 bridgehead atoms. The average Bonchev–Trinajstić information content (AvgIpc) is 2.48. The quantitative estimate of drug-likeness (QED) is 0.817. The molecule has 2 aliphatic rings. The van der Waals surface area contributed by atoms with E-state index in [1.807, 2.05) is 7.11 Å². The number of nitrogens with two attached hydrogens (primary N) is 1. The van der Waals surface area contributed by atoms with Crippen LogP contribution in [0.15, 0.2) is 0 Å². The topological polar surface area (TPSA) is 41.7 Å². The summed E-state index contributed by atoms with van der Waals surface area (Å²) in [5.74, 6) is 0. The van der Waals surface area contributed by atoms with E-state index in [-0.39, 0.29) is 5.54 Å². The van der Waals surface area contributed by atoms with E-state index in [4.69, 9.17) is 10.5 Å². The Morgan fingerprint density at radius 3 is 2.26 bits per heavy atom. The average molecular weight is 269 g/mol. The van der Waals surface area contributed by atoms with Gasteiger partial charge in [-0.2, -0.15) is 0 Å². The van der Waals surface area contributed by atoms with Gasteiger partial charge in [-0.05, 0) is 38.6 Å². The van der Waals surface area contributed by atoms with Crippen LogP contribution in [0, 0.1) is 0 Å². The van der Waals surface area contributed by atoms with Gasteiger partial charge in [-0.15, -0.1) is 0 Å². The summed E-state index contributed by atoms with van der Waals surface area (Å²) < 4.78 is 5.50. The Bertz CT molecular complexity index is 256. The fourth-order valence-electron chi connectivity index (χ4n) is 3.78. The molecular formula is C15H31N3O. The van der Waals surface area contributed by atoms with Gasteiger partial charge in [0.05, 0.1) is 6.10 Å². The smallest absolute Gasteiger partial charge is 0.0572 e. The fraction of sp³-hybridized carbons (Fsp3) is 1.00. The van der Waals surface area contributed by atoms with Crippen molar-refractivity contribution in [1.82, 2.24) is 9.80 Å². The van der Waals surface area contributed by atoms with E-state index < -0.39 is 0 Å². The van der Waals surface area contributed by atoms with Gasteiger partial charge in [0.15, 0.2) is 0 Å². The van der Waals surface area contributed by atoms with E-state index in [9.17, 15) is 0 Å². The van der Waals surface area contributed by atoms with Crippen molar-refractivity contribution >= 4 is 0 Å². The van der Waals surface area contributed by atoms with Gasteiger partial charge in [-0.25, -0.2) is 0 Å². The van der Waals surface area contributed by atoms with Gasteiger partial charge >= 0.3 is 0 Å². The van der Waals surface area contributed by atoms with Crippen LogP contribution in [0.4, 0.5) is 0 Å². The molecule has 0 spiro atoms. The van der Waals surface area contributed by atoms with Crippen LogP contribution in [0.1, 0.15) is 39.0 Å². The van der Waals surface area contributed by atoms with Crippen molar-refractivity contribution in [3.63, 3.8) is 0 Å². The van der Waals surface area contributed by atoms with Crippen molar-refractivity contribution in [2.45, 2.75) is 50.7 Å². The number of methoxy groups -OCH3 is 1. The second kappa shape index (κ2) is 7.02. The zero-order valence-corrected chi connectivity index (χ0v) is 12.7. The second-order valence-electron chi connectivity index (χ2n) is 6.19. The molecule has 1 aliphatic heterocycles. The molecule has 0 aromatic carbocycles. The highest BCUT2D eigenvalue weighted by molar-refractivity contribution is 4.97. The monoisotopic (exact) mass is 269 g/mol. The lowest BCUT2D eigenvalue weighted by Gasteiger charge is -2.50. The number of hydrogen-bond donors (Lipinski definition) is 1. The van der Waals surface area contributed by atoms with Crippen molar-refractivity contribution in [2.24, 2.45) is 5.73 Å². The van der Waals surface area contributed by atoms with Crippen molar-refractivity contribution < 1.29 is 4.74 Å². The van der Waals surface area contributed by atoms with Crippen LogP contribution in [-0.4, -0.2) is 67.8 Å². The fourth-order valence-corrected chi connectivity index (χ4v) is 3.78. The Kier molecular flexibility index (Phi) is 5.63. The molecule has 1 aliphatic carbocycles. The third-order valence-electron chi connectivity index (χ3n) is 5.16. The molecule has 112 valence electrons. The van der Waals surface area contributed by atoms with E-state index in [2.05, 4.69) is 16.7 Å². The Morgan fingerprint density at radius 1 is 1.16 bits per heavy atom. The zero-order valence-electron chi connectivity index (χ0n) is 12.7. The van der Waals surface area contributed by atoms with Crippen molar-refractivity contribution in [1.29, 1.82) is 0 Å². The highest BCUT2D eigenvalue weighted by Crippen LogP contribution is 2.34. The minimum atomic E-state index is 0.257. The third-order valence-corrected chi connectivity index (χ3v) is 5.16. The molecule has 1 saturated carbocycles. The summed E-state index contributed by atoms with van der Waals surface area (Å²) in [7, 11) is 1.84. The number of hydrogen-bond acceptors (Lipinski definition) is 4. The maximum absolute atomic E-state index is 6.15. The molecule has 2 N–H and O–H groups in total. The van der Waals surface area contributed by atoms with E-state index in [1.165, 1.54) is 64.8 Å². The minimum absolute atomic E-state index is 0.257. The molecule has 2 rings (SSSR count). The summed E-state index contributed by atoms with van der Waals surface area (Å²) in [5.41, 5.74) is 6.41. The van der Waals surface area contributed by atoms with Crippen LogP contribution in [0.2, 0.25) is 0 Å². The normalized spacial score (nSPS) is 34.6. The lowest BCUT2D eigenvalue weighted by atomic mass is 9.78. The van der Waals surface area contributed by atoms with Gasteiger partial charge < -0.3 is 15.4 Å². The van der Waals surface area contributed by atoms with Gasteiger partial charge in [-0.1, -0.05) is 6.92 Å². The maximum atomic E-state index is 6.15. The van der Waals surface area contributed by atoms with Crippen molar-refractivity contribution in [3.05, 3.63) is 0 Å². The predicted octanol–water partition coefficient (Wildman–Crippen LogP) is 1.30. The SMILES string of the molecule is CCCN1CCN(C2(CN)CCC(OC)CC2)CC1. The highest BCUT2D eigenvalue weighted by Gasteiger charge is 2.40. The number of ether oxygens (including phenoxy) is 1. The molecule has 19 heavy (non-hydrogen) atoms. The molecule has 0 aromatic rings. The second-order valence-corrected chi connectivity index (χ2v) is 6.19. The van der Waals surface area contributed by atoms with Gasteiger partial charge in [0.25, 0.3) is 0 Å². The first kappa shape index (κ1) is 15.2. The number of rotatable bonds is 5. The summed E-state index contributed by atoms with van der Waals surface area (Å²) in [6.45, 7) is 9.11. The molecule has 4 nitrogen and oxygen atoms in total. The molecule has 2 fully saturated rings. The molecule has 0 atom stereocenters. The molecule has 1 saturated heterocycles. The maximum Gasteiger partial charge on any atom is 0.0572 e. The minimum Gasteiger partial charge on any atom is -0.381 e. The first-order chi connectivity index (χ1) is 9.24. The predicted molar refractivity (Wildman–Crippen MR) is 79.4 cm³/mol. The summed E-state index contributed by atoms with van der Waals surface area (Å²) in [4.78, 5) is 5.26. The molecular weight excluding hydrogens is 238 g/mol. The van der Waals surface area contributed by atoms with Crippen molar-refractivity contribution in [2.75, 3.05) is 46.4 Å². The standard InChI is InChI=1S/C15H31N3O/c1-3-8-17-9-11-18(12-10-17)15(13-16)6-4-14(19-2)5-7-15/h14H,3-13,16H2,1-2H3. The zero-order chi connectivity index (χ0) is 13.7. The van der Waals surface area contributed by atoms with Crippen LogP contribution in [0.5, 0.6) is 0 Å². The molecule has 4 heteroatoms. The van der Waals surface area contributed by atoms with E-state index >= 15 is 0 Å². The Labute approximate surface area is 118 Å². The molecule has 0 unspecified atom stereocenters. The summed E-state index contributed by atoms with van der Waals surface area (Å²) in [5, 5.41) is 0. The Morgan fingerprint density at radius 2 is 1.79 bits per heavy atom. The first-order valence-electron chi connectivity index (χ1n) is 7.94. The third kappa shape index (κ3) is 3.48. The molecule has 0 aromatic heterocycles. The van der Waals surface area contributed by atoms with Crippen LogP contribution >= 0.6 is 0 Å². The van der Waals surface area contributed by atoms with Crippen LogP contribution in [0.3, 0.4) is 0 Å². The molecule has 0 amide bonds. The summed E-state index contributed by atoms with van der Waals surface area (Å²) in [6.07, 6.45) is 6.47. The van der Waals surface area contributed by atoms with E-state index in [1.54, 1.807) is 0 Å². The van der Waals surface area contributed by atoms with Gasteiger partial charge in [-0.3, -0.25) is 4.90 Å². The van der Waals surface area contributed by atoms with Gasteiger partial charge in [0.1, 0.15) is 0 Å². The molecule has 0 radical (unpaired) electrons. The van der Waals surface area contributed by atoms with Crippen LogP contribution in [-0.2, 0) is 4.74 Å². The number of piperazine rings is 1. The van der Waals surface area contributed by atoms with Crippen LogP contribution < -0.4 is 5.73 Å². The Hall–Kier alpha value is -0.160. The first-order valence-corrected chi connectivity index (χ1v) is 7.94. The number of nitrogens with zero attached hydrogens (tertiary/aromatic N) is 2. The lowest BCUT2D eigenvalue weighted by Crippen LogP contribution is -2.61. The molecule has 1 heterocycles. The van der Waals surface area contributed by atoms with E-state index in [0.717, 1.165) is 6.54 Å². The lowest BCUT2D eigenvalue weighted by molar-refractivity contribution is -0.0262. The van der Waals surface area contributed by atoms with E-state index in [0.29, 0.717) is 6.10 Å². The van der Waals surface area contributed by atoms with Gasteiger partial charge in [0, 0.05) is 45.4 Å². The Balaban J connectivity index is 1.88. The largest absolute Gasteiger partial charge is 0.381 e. The van der Waals surface area contributed by atoms with Crippen LogP contribution in [0.25, 0.3) is 0 Å². The highest BCUT2D eigenvalue weighted by atomic mass is 16.5. The summed E-state index contributed by atoms with van der Waals surface area (Å²) in [6, 6.07) is 0. The van der Waals surface area contributed by atoms with Gasteiger partial charge in [0.2, 0.25) is 0 Å².